The molecule has 1 N–H and O–H groups in total. The maximum Gasteiger partial charge on any atom is 0.183 e. The van der Waals surface area contributed by atoms with Gasteiger partial charge in [0.2, 0.25) is 0 Å². The van der Waals surface area contributed by atoms with Crippen LogP contribution in [-0.2, 0) is 6.54 Å². The molecule has 5 nitrogen and oxygen atoms in total. The molecule has 2 aromatic heterocycles. The van der Waals surface area contributed by atoms with E-state index >= 15 is 0 Å². The first-order valence-corrected chi connectivity index (χ1v) is 8.36. The van der Waals surface area contributed by atoms with Gasteiger partial charge in [-0.25, -0.2) is 9.97 Å². The Morgan fingerprint density at radius 2 is 2.14 bits per heavy atom. The topological polar surface area (TPSA) is 58.1 Å². The summed E-state index contributed by atoms with van der Waals surface area (Å²) >= 11 is 1.40. The van der Waals surface area contributed by atoms with Crippen LogP contribution in [-0.4, -0.2) is 28.8 Å². The monoisotopic (exact) mass is 316 g/mol. The molecule has 0 aliphatic carbocycles. The second kappa shape index (κ2) is 6.44. The minimum atomic E-state index is 0.0571. The first-order chi connectivity index (χ1) is 10.6. The molecule has 1 aliphatic rings. The number of hydrogen-bond donors (Lipinski definition) is 1. The van der Waals surface area contributed by atoms with Gasteiger partial charge in [0.15, 0.2) is 10.9 Å². The lowest BCUT2D eigenvalue weighted by atomic mass is 10.2. The standard InChI is InChI=1S/C16H20N4OS/c1-11-7-13(8-15(19-11)20-5-3-4-6-20)9-17-16-18-10-14(22-16)12(2)21/h7-8,10H,3-6,9H2,1-2H3,(H,17,18). The van der Waals surface area contributed by atoms with E-state index in [9.17, 15) is 4.79 Å². The fourth-order valence-electron chi connectivity index (χ4n) is 2.63. The van der Waals surface area contributed by atoms with Crippen LogP contribution in [0, 0.1) is 6.92 Å². The average Bonchev–Trinajstić information content (AvgIpc) is 3.16. The largest absolute Gasteiger partial charge is 0.357 e. The van der Waals surface area contributed by atoms with Crippen molar-refractivity contribution in [2.75, 3.05) is 23.3 Å². The van der Waals surface area contributed by atoms with E-state index in [0.717, 1.165) is 29.7 Å². The Labute approximate surface area is 134 Å². The number of thiazole rings is 1. The van der Waals surface area contributed by atoms with Crippen LogP contribution >= 0.6 is 11.3 Å². The van der Waals surface area contributed by atoms with Crippen molar-refractivity contribution < 1.29 is 4.79 Å². The fourth-order valence-corrected chi connectivity index (χ4v) is 3.33. The van der Waals surface area contributed by atoms with Crippen molar-refractivity contribution in [2.24, 2.45) is 0 Å². The van der Waals surface area contributed by atoms with E-state index in [-0.39, 0.29) is 5.78 Å². The van der Waals surface area contributed by atoms with E-state index in [4.69, 9.17) is 0 Å². The normalized spacial score (nSPS) is 14.4. The molecule has 0 spiro atoms. The molecule has 116 valence electrons. The number of anilines is 2. The molecule has 0 aromatic carbocycles. The van der Waals surface area contributed by atoms with Crippen molar-refractivity contribution in [3.8, 4) is 0 Å². The molecule has 0 amide bonds. The highest BCUT2D eigenvalue weighted by Gasteiger charge is 2.14. The van der Waals surface area contributed by atoms with Gasteiger partial charge in [0, 0.05) is 32.3 Å². The van der Waals surface area contributed by atoms with E-state index < -0.39 is 0 Å². The van der Waals surface area contributed by atoms with Crippen LogP contribution in [0.4, 0.5) is 10.9 Å². The number of nitrogens with one attached hydrogen (secondary N) is 1. The molecule has 2 aromatic rings. The van der Waals surface area contributed by atoms with Gasteiger partial charge in [-0.2, -0.15) is 0 Å². The van der Waals surface area contributed by atoms with Crippen LogP contribution in [0.1, 0.15) is 40.7 Å². The number of carbonyl (C=O) groups is 1. The number of Topliss-reactive ketones (excluding diaryl/α,β-unsaturated/α-hetero) is 1. The summed E-state index contributed by atoms with van der Waals surface area (Å²) in [5.74, 6) is 1.12. The zero-order valence-corrected chi connectivity index (χ0v) is 13.7. The summed E-state index contributed by atoms with van der Waals surface area (Å²) in [5.41, 5.74) is 2.22. The molecular weight excluding hydrogens is 296 g/mol. The quantitative estimate of drug-likeness (QED) is 0.858. The summed E-state index contributed by atoms with van der Waals surface area (Å²) < 4.78 is 0. The van der Waals surface area contributed by atoms with Gasteiger partial charge in [-0.05, 0) is 37.5 Å². The van der Waals surface area contributed by atoms with Crippen LogP contribution in [0.2, 0.25) is 0 Å². The van der Waals surface area contributed by atoms with Gasteiger partial charge in [-0.3, -0.25) is 4.79 Å². The Bertz CT molecular complexity index is 677. The first kappa shape index (κ1) is 15.0. The average molecular weight is 316 g/mol. The van der Waals surface area contributed by atoms with Gasteiger partial charge in [0.05, 0.1) is 11.1 Å². The number of rotatable bonds is 5. The molecule has 3 rings (SSSR count). The molecule has 0 bridgehead atoms. The Kier molecular flexibility index (Phi) is 4.38. The van der Waals surface area contributed by atoms with Gasteiger partial charge in [-0.15, -0.1) is 0 Å². The highest BCUT2D eigenvalue weighted by molar-refractivity contribution is 7.17. The van der Waals surface area contributed by atoms with Crippen LogP contribution in [0.5, 0.6) is 0 Å². The number of aromatic nitrogens is 2. The molecule has 1 aliphatic heterocycles. The number of carbonyl (C=O) groups excluding carboxylic acids is 1. The lowest BCUT2D eigenvalue weighted by Crippen LogP contribution is -2.19. The van der Waals surface area contributed by atoms with Crippen molar-refractivity contribution in [1.82, 2.24) is 9.97 Å². The third-order valence-corrected chi connectivity index (χ3v) is 4.78. The van der Waals surface area contributed by atoms with Crippen LogP contribution in [0.15, 0.2) is 18.3 Å². The van der Waals surface area contributed by atoms with E-state index in [1.54, 1.807) is 13.1 Å². The summed E-state index contributed by atoms with van der Waals surface area (Å²) in [6.45, 7) is 6.47. The summed E-state index contributed by atoms with van der Waals surface area (Å²) in [6, 6.07) is 4.23. The lowest BCUT2D eigenvalue weighted by Gasteiger charge is -2.18. The van der Waals surface area contributed by atoms with Gasteiger partial charge in [-0.1, -0.05) is 11.3 Å². The Morgan fingerprint density at radius 1 is 1.36 bits per heavy atom. The van der Waals surface area contributed by atoms with E-state index in [2.05, 4.69) is 32.3 Å². The van der Waals surface area contributed by atoms with Crippen LogP contribution < -0.4 is 10.2 Å². The predicted molar refractivity (Wildman–Crippen MR) is 89.9 cm³/mol. The zero-order chi connectivity index (χ0) is 15.5. The predicted octanol–water partition coefficient (Wildman–Crippen LogP) is 3.26. The van der Waals surface area contributed by atoms with Gasteiger partial charge in [0.1, 0.15) is 5.82 Å². The maximum absolute atomic E-state index is 11.3. The molecule has 0 unspecified atom stereocenters. The minimum Gasteiger partial charge on any atom is -0.357 e. The SMILES string of the molecule is CC(=O)c1cnc(NCc2cc(C)nc(N3CCCC3)c2)s1. The summed E-state index contributed by atoms with van der Waals surface area (Å²) in [5, 5.41) is 4.07. The molecule has 1 fully saturated rings. The van der Waals surface area contributed by atoms with Crippen molar-refractivity contribution in [3.05, 3.63) is 34.5 Å². The maximum atomic E-state index is 11.3. The molecule has 3 heterocycles. The molecule has 0 atom stereocenters. The number of ketones is 1. The lowest BCUT2D eigenvalue weighted by molar-refractivity contribution is 0.102. The number of nitrogens with zero attached hydrogens (tertiary/aromatic N) is 3. The summed E-state index contributed by atoms with van der Waals surface area (Å²) in [7, 11) is 0. The van der Waals surface area contributed by atoms with Crippen molar-refractivity contribution in [1.29, 1.82) is 0 Å². The van der Waals surface area contributed by atoms with Gasteiger partial charge < -0.3 is 10.2 Å². The highest BCUT2D eigenvalue weighted by atomic mass is 32.1. The summed E-state index contributed by atoms with van der Waals surface area (Å²) in [4.78, 5) is 23.2. The minimum absolute atomic E-state index is 0.0571. The number of pyridine rings is 1. The Hall–Kier alpha value is -1.95. The molecule has 6 heteroatoms. The van der Waals surface area contributed by atoms with Crippen molar-refractivity contribution in [3.63, 3.8) is 0 Å². The molecule has 0 radical (unpaired) electrons. The van der Waals surface area contributed by atoms with Crippen molar-refractivity contribution >= 4 is 28.1 Å². The van der Waals surface area contributed by atoms with Crippen LogP contribution in [0.25, 0.3) is 0 Å². The second-order valence-corrected chi connectivity index (χ2v) is 6.64. The van der Waals surface area contributed by atoms with E-state index in [1.807, 2.05) is 6.92 Å². The zero-order valence-electron chi connectivity index (χ0n) is 12.9. The molecule has 22 heavy (non-hydrogen) atoms. The highest BCUT2D eigenvalue weighted by Crippen LogP contribution is 2.22. The Morgan fingerprint density at radius 3 is 2.82 bits per heavy atom. The van der Waals surface area contributed by atoms with Crippen LogP contribution in [0.3, 0.4) is 0 Å². The Balaban J connectivity index is 1.70. The molecule has 1 saturated heterocycles. The molecular formula is C16H20N4OS. The van der Waals surface area contributed by atoms with E-state index in [1.165, 1.54) is 29.7 Å². The smallest absolute Gasteiger partial charge is 0.183 e. The first-order valence-electron chi connectivity index (χ1n) is 7.55. The summed E-state index contributed by atoms with van der Waals surface area (Å²) in [6.07, 6.45) is 4.12. The van der Waals surface area contributed by atoms with Gasteiger partial charge in [0.25, 0.3) is 0 Å². The van der Waals surface area contributed by atoms with Gasteiger partial charge >= 0.3 is 0 Å². The third kappa shape index (κ3) is 3.44. The number of hydrogen-bond acceptors (Lipinski definition) is 6. The molecule has 0 saturated carbocycles. The number of aryl methyl sites for hydroxylation is 1. The third-order valence-electron chi connectivity index (χ3n) is 3.73. The second-order valence-electron chi connectivity index (χ2n) is 5.61. The van der Waals surface area contributed by atoms with E-state index in [0.29, 0.717) is 11.4 Å². The fraction of sp³-hybridized carbons (Fsp3) is 0.438. The van der Waals surface area contributed by atoms with Crippen molar-refractivity contribution in [2.45, 2.75) is 33.2 Å².